The molecular weight excluding hydrogens is 230 g/mol. The number of aryl methyl sites for hydroxylation is 2. The van der Waals surface area contributed by atoms with E-state index in [1.807, 2.05) is 0 Å². The minimum atomic E-state index is 0.235. The van der Waals surface area contributed by atoms with Crippen molar-refractivity contribution in [2.24, 2.45) is 5.92 Å². The van der Waals surface area contributed by atoms with E-state index in [-0.39, 0.29) is 5.38 Å². The van der Waals surface area contributed by atoms with Crippen LogP contribution >= 0.6 is 11.6 Å². The first-order valence-corrected chi connectivity index (χ1v) is 6.84. The predicted octanol–water partition coefficient (Wildman–Crippen LogP) is 4.05. The van der Waals surface area contributed by atoms with Crippen molar-refractivity contribution in [2.45, 2.75) is 46.0 Å². The fourth-order valence-electron chi connectivity index (χ4n) is 2.08. The van der Waals surface area contributed by atoms with E-state index in [1.54, 1.807) is 0 Å². The summed E-state index contributed by atoms with van der Waals surface area (Å²) in [6.07, 6.45) is 1.07. The molecule has 1 aromatic rings. The average Bonchev–Trinajstić information content (AvgIpc) is 2.21. The van der Waals surface area contributed by atoms with E-state index in [1.165, 1.54) is 16.7 Å². The van der Waals surface area contributed by atoms with E-state index in [2.05, 4.69) is 51.2 Å². The van der Waals surface area contributed by atoms with Crippen LogP contribution in [0.5, 0.6) is 0 Å². The Balaban J connectivity index is 2.41. The van der Waals surface area contributed by atoms with Crippen LogP contribution in [0, 0.1) is 19.8 Å². The Morgan fingerprint density at radius 2 is 1.76 bits per heavy atom. The third kappa shape index (κ3) is 5.10. The molecule has 96 valence electrons. The van der Waals surface area contributed by atoms with Gasteiger partial charge in [0, 0.05) is 18.5 Å². The topological polar surface area (TPSA) is 12.0 Å². The molecule has 0 radical (unpaired) electrons. The second-order valence-corrected chi connectivity index (χ2v) is 5.85. The van der Waals surface area contributed by atoms with Crippen LogP contribution in [-0.4, -0.2) is 11.9 Å². The van der Waals surface area contributed by atoms with Crippen LogP contribution in [0.1, 0.15) is 37.0 Å². The summed E-state index contributed by atoms with van der Waals surface area (Å²) in [4.78, 5) is 0. The van der Waals surface area contributed by atoms with Gasteiger partial charge in [0.05, 0.1) is 0 Å². The molecule has 1 unspecified atom stereocenters. The molecule has 0 heterocycles. The molecule has 0 saturated heterocycles. The van der Waals surface area contributed by atoms with E-state index in [9.17, 15) is 0 Å². The molecule has 0 saturated carbocycles. The molecule has 1 atom stereocenters. The van der Waals surface area contributed by atoms with Gasteiger partial charge in [-0.15, -0.1) is 11.6 Å². The molecule has 2 heteroatoms. The van der Waals surface area contributed by atoms with Crippen molar-refractivity contribution in [3.05, 3.63) is 34.9 Å². The molecule has 0 amide bonds. The zero-order valence-electron chi connectivity index (χ0n) is 11.4. The molecule has 0 fully saturated rings. The lowest BCUT2D eigenvalue weighted by molar-refractivity contribution is 0.533. The molecule has 1 rings (SSSR count). The van der Waals surface area contributed by atoms with E-state index in [0.29, 0.717) is 5.92 Å². The lowest BCUT2D eigenvalue weighted by Gasteiger charge is -2.15. The number of rotatable bonds is 6. The van der Waals surface area contributed by atoms with Gasteiger partial charge in [-0.25, -0.2) is 0 Å². The minimum Gasteiger partial charge on any atom is -0.311 e. The van der Waals surface area contributed by atoms with E-state index in [0.717, 1.165) is 19.5 Å². The highest BCUT2D eigenvalue weighted by Crippen LogP contribution is 2.14. The first-order chi connectivity index (χ1) is 8.00. The van der Waals surface area contributed by atoms with Crippen LogP contribution in [0.4, 0.5) is 0 Å². The van der Waals surface area contributed by atoms with Crippen LogP contribution in [0.25, 0.3) is 0 Å². The summed E-state index contributed by atoms with van der Waals surface area (Å²) < 4.78 is 0. The molecule has 0 aliphatic rings. The quantitative estimate of drug-likeness (QED) is 0.755. The van der Waals surface area contributed by atoms with Crippen molar-refractivity contribution in [2.75, 3.05) is 6.54 Å². The van der Waals surface area contributed by atoms with Gasteiger partial charge in [0.25, 0.3) is 0 Å². The Bertz CT molecular complexity index is 327. The van der Waals surface area contributed by atoms with Gasteiger partial charge in [-0.2, -0.15) is 0 Å². The zero-order chi connectivity index (χ0) is 12.8. The third-order valence-electron chi connectivity index (χ3n) is 3.04. The van der Waals surface area contributed by atoms with Gasteiger partial charge < -0.3 is 5.32 Å². The maximum atomic E-state index is 6.26. The normalized spacial score (nSPS) is 13.1. The van der Waals surface area contributed by atoms with Crippen molar-refractivity contribution in [3.63, 3.8) is 0 Å². The predicted molar refractivity (Wildman–Crippen MR) is 76.7 cm³/mol. The van der Waals surface area contributed by atoms with Gasteiger partial charge in [0.2, 0.25) is 0 Å². The smallest absolute Gasteiger partial charge is 0.0463 e. The molecule has 1 aromatic carbocycles. The summed E-state index contributed by atoms with van der Waals surface area (Å²) in [5, 5.41) is 3.69. The van der Waals surface area contributed by atoms with Gasteiger partial charge in [0.1, 0.15) is 0 Å². The average molecular weight is 254 g/mol. The number of nitrogens with one attached hydrogen (secondary N) is 1. The molecule has 0 aliphatic heterocycles. The molecular formula is C15H24ClN. The zero-order valence-corrected chi connectivity index (χ0v) is 12.1. The second-order valence-electron chi connectivity index (χ2n) is 5.23. The van der Waals surface area contributed by atoms with Crippen LogP contribution in [0.3, 0.4) is 0 Å². The van der Waals surface area contributed by atoms with Crippen molar-refractivity contribution in [1.82, 2.24) is 5.32 Å². The third-order valence-corrected chi connectivity index (χ3v) is 3.37. The molecule has 1 N–H and O–H groups in total. The fourth-order valence-corrected chi connectivity index (χ4v) is 2.54. The number of halogens is 1. The van der Waals surface area contributed by atoms with Crippen LogP contribution in [-0.2, 0) is 6.54 Å². The van der Waals surface area contributed by atoms with Gasteiger partial charge >= 0.3 is 0 Å². The lowest BCUT2D eigenvalue weighted by Crippen LogP contribution is -2.24. The SMILES string of the molecule is Cc1cccc(C)c1CNCC(Cl)CC(C)C. The minimum absolute atomic E-state index is 0.235. The summed E-state index contributed by atoms with van der Waals surface area (Å²) >= 11 is 6.26. The van der Waals surface area contributed by atoms with Gasteiger partial charge in [0.15, 0.2) is 0 Å². The van der Waals surface area contributed by atoms with Gasteiger partial charge in [-0.3, -0.25) is 0 Å². The Kier molecular flexibility index (Phi) is 6.01. The van der Waals surface area contributed by atoms with E-state index < -0.39 is 0 Å². The summed E-state index contributed by atoms with van der Waals surface area (Å²) in [5.74, 6) is 0.666. The lowest BCUT2D eigenvalue weighted by atomic mass is 10.0. The van der Waals surface area contributed by atoms with Crippen molar-refractivity contribution < 1.29 is 0 Å². The summed E-state index contributed by atoms with van der Waals surface area (Å²) in [6.45, 7) is 10.5. The number of hydrogen-bond donors (Lipinski definition) is 1. The number of benzene rings is 1. The van der Waals surface area contributed by atoms with Crippen LogP contribution in [0.2, 0.25) is 0 Å². The Labute approximate surface area is 111 Å². The van der Waals surface area contributed by atoms with Crippen molar-refractivity contribution >= 4 is 11.6 Å². The highest BCUT2D eigenvalue weighted by molar-refractivity contribution is 6.20. The van der Waals surface area contributed by atoms with E-state index >= 15 is 0 Å². The largest absolute Gasteiger partial charge is 0.311 e. The Morgan fingerprint density at radius 1 is 1.18 bits per heavy atom. The summed E-state index contributed by atoms with van der Waals surface area (Å²) in [5.41, 5.74) is 4.11. The van der Waals surface area contributed by atoms with Gasteiger partial charge in [-0.1, -0.05) is 32.0 Å². The number of hydrogen-bond acceptors (Lipinski definition) is 1. The second kappa shape index (κ2) is 7.03. The molecule has 1 nitrogen and oxygen atoms in total. The summed E-state index contributed by atoms with van der Waals surface area (Å²) in [6, 6.07) is 6.43. The Hall–Kier alpha value is -0.530. The maximum absolute atomic E-state index is 6.26. The fraction of sp³-hybridized carbons (Fsp3) is 0.600. The standard InChI is InChI=1S/C15H24ClN/c1-11(2)8-14(16)9-17-10-15-12(3)6-5-7-13(15)4/h5-7,11,14,17H,8-10H2,1-4H3. The van der Waals surface area contributed by atoms with Crippen LogP contribution < -0.4 is 5.32 Å². The van der Waals surface area contributed by atoms with E-state index in [4.69, 9.17) is 11.6 Å². The highest BCUT2D eigenvalue weighted by Gasteiger charge is 2.07. The molecule has 17 heavy (non-hydrogen) atoms. The molecule has 0 bridgehead atoms. The Morgan fingerprint density at radius 3 is 2.29 bits per heavy atom. The van der Waals surface area contributed by atoms with Crippen LogP contribution in [0.15, 0.2) is 18.2 Å². The first kappa shape index (κ1) is 14.5. The monoisotopic (exact) mass is 253 g/mol. The molecule has 0 aliphatic carbocycles. The first-order valence-electron chi connectivity index (χ1n) is 6.40. The van der Waals surface area contributed by atoms with Crippen molar-refractivity contribution in [3.8, 4) is 0 Å². The molecule has 0 spiro atoms. The maximum Gasteiger partial charge on any atom is 0.0463 e. The molecule has 0 aromatic heterocycles. The summed E-state index contributed by atoms with van der Waals surface area (Å²) in [7, 11) is 0. The van der Waals surface area contributed by atoms with Gasteiger partial charge in [-0.05, 0) is 42.9 Å². The highest BCUT2D eigenvalue weighted by atomic mass is 35.5. The van der Waals surface area contributed by atoms with Crippen molar-refractivity contribution in [1.29, 1.82) is 0 Å². The number of alkyl halides is 1.